The first kappa shape index (κ1) is 12.0. The van der Waals surface area contributed by atoms with Crippen LogP contribution in [-0.4, -0.2) is 11.4 Å². The number of hydrogen-bond acceptors (Lipinski definition) is 2. The van der Waals surface area contributed by atoms with Gasteiger partial charge in [-0.2, -0.15) is 5.26 Å². The highest BCUT2D eigenvalue weighted by Crippen LogP contribution is 2.38. The summed E-state index contributed by atoms with van der Waals surface area (Å²) in [5, 5.41) is 11.9. The van der Waals surface area contributed by atoms with Crippen LogP contribution in [0, 0.1) is 16.7 Å². The van der Waals surface area contributed by atoms with E-state index in [-0.39, 0.29) is 11.3 Å². The van der Waals surface area contributed by atoms with Crippen LogP contribution in [0.25, 0.3) is 0 Å². The quantitative estimate of drug-likeness (QED) is 0.774. The van der Waals surface area contributed by atoms with Crippen LogP contribution in [0.5, 0.6) is 0 Å². The molecule has 0 aliphatic heterocycles. The Morgan fingerprint density at radius 2 is 2.07 bits per heavy atom. The Morgan fingerprint density at radius 3 is 2.47 bits per heavy atom. The molecule has 0 saturated heterocycles. The molecule has 1 N–H and O–H groups in total. The van der Waals surface area contributed by atoms with E-state index in [2.05, 4.69) is 11.4 Å². The van der Waals surface area contributed by atoms with E-state index in [1.807, 2.05) is 13.8 Å². The van der Waals surface area contributed by atoms with Gasteiger partial charge in [-0.3, -0.25) is 4.79 Å². The maximum Gasteiger partial charge on any atom is 0.227 e. The van der Waals surface area contributed by atoms with Gasteiger partial charge < -0.3 is 5.32 Å². The molecule has 1 atom stereocenters. The molecule has 3 nitrogen and oxygen atoms in total. The zero-order chi connectivity index (χ0) is 11.5. The van der Waals surface area contributed by atoms with E-state index in [0.717, 1.165) is 25.7 Å². The van der Waals surface area contributed by atoms with E-state index in [1.54, 1.807) is 6.92 Å². The van der Waals surface area contributed by atoms with Gasteiger partial charge >= 0.3 is 0 Å². The molecule has 1 aliphatic carbocycles. The van der Waals surface area contributed by atoms with Crippen molar-refractivity contribution >= 4 is 5.91 Å². The highest BCUT2D eigenvalue weighted by atomic mass is 16.2. The molecule has 1 fully saturated rings. The molecule has 1 saturated carbocycles. The summed E-state index contributed by atoms with van der Waals surface area (Å²) in [6, 6.07) is 2.17. The number of carbonyl (C=O) groups is 1. The maximum absolute atomic E-state index is 12.0. The van der Waals surface area contributed by atoms with Crippen molar-refractivity contribution in [3.05, 3.63) is 0 Å². The molecule has 0 aromatic carbocycles. The third-order valence-electron chi connectivity index (χ3n) is 3.60. The van der Waals surface area contributed by atoms with Crippen molar-refractivity contribution < 1.29 is 4.79 Å². The number of rotatable bonds is 3. The Kier molecular flexibility index (Phi) is 3.38. The molecule has 0 aromatic heterocycles. The second-order valence-electron chi connectivity index (χ2n) is 5.02. The van der Waals surface area contributed by atoms with Gasteiger partial charge in [0.25, 0.3) is 0 Å². The lowest BCUT2D eigenvalue weighted by molar-refractivity contribution is -0.131. The molecule has 84 valence electrons. The fourth-order valence-corrected chi connectivity index (χ4v) is 1.98. The van der Waals surface area contributed by atoms with Gasteiger partial charge in [-0.25, -0.2) is 0 Å². The Hall–Kier alpha value is -1.04. The Bertz CT molecular complexity index is 286. The van der Waals surface area contributed by atoms with E-state index in [4.69, 9.17) is 5.26 Å². The molecule has 0 heterocycles. The number of nitrogens with zero attached hydrogens (tertiary/aromatic N) is 1. The molecule has 0 bridgehead atoms. The molecule has 1 unspecified atom stereocenters. The molecule has 3 heteroatoms. The first-order chi connectivity index (χ1) is 6.96. The lowest BCUT2D eigenvalue weighted by atomic mass is 9.86. The van der Waals surface area contributed by atoms with Gasteiger partial charge in [0, 0.05) is 5.41 Å². The molecule has 15 heavy (non-hydrogen) atoms. The average Bonchev–Trinajstić information content (AvgIpc) is 2.66. The lowest BCUT2D eigenvalue weighted by Gasteiger charge is -2.29. The highest BCUT2D eigenvalue weighted by Gasteiger charge is 2.39. The third kappa shape index (κ3) is 2.50. The number of hydrogen-bond donors (Lipinski definition) is 1. The van der Waals surface area contributed by atoms with Crippen LogP contribution in [0.4, 0.5) is 0 Å². The normalized spacial score (nSPS) is 22.8. The largest absolute Gasteiger partial charge is 0.338 e. The van der Waals surface area contributed by atoms with Gasteiger partial charge in [0.1, 0.15) is 5.54 Å². The van der Waals surface area contributed by atoms with Gasteiger partial charge in [0.15, 0.2) is 0 Å². The fraction of sp³-hybridized carbons (Fsp3) is 0.833. The molecule has 1 amide bonds. The standard InChI is InChI=1S/C12H20N2O/c1-4-12(3,9-13)14-10(15)11(2)7-5-6-8-11/h4-8H2,1-3H3,(H,14,15). The summed E-state index contributed by atoms with van der Waals surface area (Å²) in [6.07, 6.45) is 4.79. The smallest absolute Gasteiger partial charge is 0.227 e. The Balaban J connectivity index is 2.67. The van der Waals surface area contributed by atoms with Crippen molar-refractivity contribution in [1.82, 2.24) is 5.32 Å². The van der Waals surface area contributed by atoms with E-state index >= 15 is 0 Å². The number of carbonyl (C=O) groups excluding carboxylic acids is 1. The maximum atomic E-state index is 12.0. The topological polar surface area (TPSA) is 52.9 Å². The molecule has 0 aromatic rings. The summed E-state index contributed by atoms with van der Waals surface area (Å²) in [7, 11) is 0. The Labute approximate surface area is 91.9 Å². The van der Waals surface area contributed by atoms with Crippen LogP contribution in [-0.2, 0) is 4.79 Å². The van der Waals surface area contributed by atoms with Crippen LogP contribution in [0.15, 0.2) is 0 Å². The Morgan fingerprint density at radius 1 is 1.53 bits per heavy atom. The van der Waals surface area contributed by atoms with Crippen molar-refractivity contribution in [2.45, 2.75) is 58.4 Å². The molecule has 0 spiro atoms. The average molecular weight is 208 g/mol. The SMILES string of the molecule is CCC(C)(C#N)NC(=O)C1(C)CCCC1. The highest BCUT2D eigenvalue weighted by molar-refractivity contribution is 5.83. The molecular formula is C12H20N2O. The lowest BCUT2D eigenvalue weighted by Crippen LogP contribution is -2.49. The van der Waals surface area contributed by atoms with Crippen molar-refractivity contribution in [2.24, 2.45) is 5.41 Å². The summed E-state index contributed by atoms with van der Waals surface area (Å²) >= 11 is 0. The molecule has 0 radical (unpaired) electrons. The summed E-state index contributed by atoms with van der Waals surface area (Å²) in [5.41, 5.74) is -0.948. The van der Waals surface area contributed by atoms with E-state index in [0.29, 0.717) is 6.42 Å². The minimum Gasteiger partial charge on any atom is -0.338 e. The second-order valence-corrected chi connectivity index (χ2v) is 5.02. The first-order valence-electron chi connectivity index (χ1n) is 5.70. The van der Waals surface area contributed by atoms with Crippen molar-refractivity contribution in [2.75, 3.05) is 0 Å². The van der Waals surface area contributed by atoms with E-state index in [9.17, 15) is 4.79 Å². The van der Waals surface area contributed by atoms with Crippen molar-refractivity contribution in [3.63, 3.8) is 0 Å². The minimum absolute atomic E-state index is 0.0471. The van der Waals surface area contributed by atoms with Crippen LogP contribution in [0.2, 0.25) is 0 Å². The van der Waals surface area contributed by atoms with Gasteiger partial charge in [-0.05, 0) is 26.2 Å². The molecule has 1 aliphatic rings. The van der Waals surface area contributed by atoms with Crippen LogP contribution in [0.1, 0.15) is 52.9 Å². The fourth-order valence-electron chi connectivity index (χ4n) is 1.98. The zero-order valence-electron chi connectivity index (χ0n) is 9.89. The minimum atomic E-state index is -0.706. The van der Waals surface area contributed by atoms with Gasteiger partial charge in [-0.15, -0.1) is 0 Å². The molecule has 1 rings (SSSR count). The summed E-state index contributed by atoms with van der Waals surface area (Å²) < 4.78 is 0. The second kappa shape index (κ2) is 4.22. The van der Waals surface area contributed by atoms with Crippen molar-refractivity contribution in [1.29, 1.82) is 5.26 Å². The first-order valence-corrected chi connectivity index (χ1v) is 5.70. The monoisotopic (exact) mass is 208 g/mol. The predicted molar refractivity (Wildman–Crippen MR) is 59.0 cm³/mol. The van der Waals surface area contributed by atoms with Crippen LogP contribution in [0.3, 0.4) is 0 Å². The van der Waals surface area contributed by atoms with Crippen LogP contribution < -0.4 is 5.32 Å². The van der Waals surface area contributed by atoms with Gasteiger partial charge in [0.05, 0.1) is 6.07 Å². The van der Waals surface area contributed by atoms with E-state index in [1.165, 1.54) is 0 Å². The van der Waals surface area contributed by atoms with Crippen molar-refractivity contribution in [3.8, 4) is 6.07 Å². The van der Waals surface area contributed by atoms with Gasteiger partial charge in [0.2, 0.25) is 5.91 Å². The molecular weight excluding hydrogens is 188 g/mol. The predicted octanol–water partition coefficient (Wildman–Crippen LogP) is 2.38. The third-order valence-corrected chi connectivity index (χ3v) is 3.60. The number of nitrogens with one attached hydrogen (secondary N) is 1. The summed E-state index contributed by atoms with van der Waals surface area (Å²) in [5.74, 6) is 0.0471. The van der Waals surface area contributed by atoms with Gasteiger partial charge in [-0.1, -0.05) is 26.7 Å². The van der Waals surface area contributed by atoms with E-state index < -0.39 is 5.54 Å². The summed E-state index contributed by atoms with van der Waals surface area (Å²) in [6.45, 7) is 5.70. The summed E-state index contributed by atoms with van der Waals surface area (Å²) in [4.78, 5) is 12.0. The number of amides is 1. The number of nitriles is 1. The van der Waals surface area contributed by atoms with Crippen LogP contribution >= 0.6 is 0 Å². The zero-order valence-corrected chi connectivity index (χ0v) is 9.89.